The van der Waals surface area contributed by atoms with Gasteiger partial charge in [0, 0.05) is 29.9 Å². The van der Waals surface area contributed by atoms with Gasteiger partial charge in [-0.25, -0.2) is 15.0 Å². The first-order valence-electron chi connectivity index (χ1n) is 7.55. The number of ether oxygens (including phenoxy) is 1. The number of aryl methyl sites for hydroxylation is 2. The predicted molar refractivity (Wildman–Crippen MR) is 88.2 cm³/mol. The molecule has 0 unspecified atom stereocenters. The van der Waals surface area contributed by atoms with Gasteiger partial charge in [0.05, 0.1) is 6.10 Å². The van der Waals surface area contributed by atoms with Crippen LogP contribution in [0.1, 0.15) is 34.7 Å². The molecule has 23 heavy (non-hydrogen) atoms. The van der Waals surface area contributed by atoms with Gasteiger partial charge in [0.2, 0.25) is 5.95 Å². The summed E-state index contributed by atoms with van der Waals surface area (Å²) in [5.74, 6) is 0.300. The molecule has 3 rings (SSSR count). The maximum Gasteiger partial charge on any atom is 0.270 e. The fourth-order valence-electron chi connectivity index (χ4n) is 2.42. The van der Waals surface area contributed by atoms with Gasteiger partial charge in [-0.3, -0.25) is 4.79 Å². The molecule has 122 valence electrons. The number of anilines is 2. The standard InChI is InChI=1S/C15H19N5O2S/c1-9-6-10(2)18-14(17-9)20-15-19-12(8-23-15)13(21)16-7-11-4-3-5-22-11/h6,8,11H,3-5,7H2,1-2H3,(H,16,21)(H,17,18,19,20)/t11-/m1/s1. The number of thiazole rings is 1. The lowest BCUT2D eigenvalue weighted by Gasteiger charge is -2.09. The van der Waals surface area contributed by atoms with E-state index in [-0.39, 0.29) is 12.0 Å². The Hall–Kier alpha value is -2.06. The summed E-state index contributed by atoms with van der Waals surface area (Å²) in [4.78, 5) is 25.0. The molecule has 2 N–H and O–H groups in total. The third-order valence-electron chi connectivity index (χ3n) is 3.45. The minimum atomic E-state index is -0.189. The molecule has 1 fully saturated rings. The van der Waals surface area contributed by atoms with Crippen molar-refractivity contribution in [3.05, 3.63) is 28.5 Å². The van der Waals surface area contributed by atoms with E-state index in [2.05, 4.69) is 25.6 Å². The third kappa shape index (κ3) is 4.23. The lowest BCUT2D eigenvalue weighted by atomic mass is 10.2. The molecule has 1 aliphatic heterocycles. The van der Waals surface area contributed by atoms with E-state index in [1.54, 1.807) is 5.38 Å². The van der Waals surface area contributed by atoms with Gasteiger partial charge in [0.25, 0.3) is 5.91 Å². The van der Waals surface area contributed by atoms with Gasteiger partial charge in [-0.2, -0.15) is 0 Å². The summed E-state index contributed by atoms with van der Waals surface area (Å²) in [5.41, 5.74) is 2.15. The minimum absolute atomic E-state index is 0.124. The molecule has 0 spiro atoms. The molecule has 1 atom stereocenters. The number of carbonyl (C=O) groups excluding carboxylic acids is 1. The van der Waals surface area contributed by atoms with Crippen molar-refractivity contribution in [2.24, 2.45) is 0 Å². The number of rotatable bonds is 5. The Balaban J connectivity index is 1.59. The summed E-state index contributed by atoms with van der Waals surface area (Å²) >= 11 is 1.35. The van der Waals surface area contributed by atoms with E-state index in [0.717, 1.165) is 30.8 Å². The van der Waals surface area contributed by atoms with Gasteiger partial charge in [-0.05, 0) is 32.8 Å². The summed E-state index contributed by atoms with van der Waals surface area (Å²) in [5, 5.41) is 8.21. The molecule has 8 heteroatoms. The van der Waals surface area contributed by atoms with Crippen LogP contribution >= 0.6 is 11.3 Å². The van der Waals surface area contributed by atoms with Crippen LogP contribution in [0.2, 0.25) is 0 Å². The minimum Gasteiger partial charge on any atom is -0.376 e. The number of aromatic nitrogens is 3. The van der Waals surface area contributed by atoms with Crippen molar-refractivity contribution in [1.29, 1.82) is 0 Å². The van der Waals surface area contributed by atoms with Crippen molar-refractivity contribution in [3.63, 3.8) is 0 Å². The second kappa shape index (κ2) is 7.01. The second-order valence-corrected chi connectivity index (χ2v) is 6.34. The smallest absolute Gasteiger partial charge is 0.270 e. The van der Waals surface area contributed by atoms with E-state index >= 15 is 0 Å². The Labute approximate surface area is 138 Å². The Morgan fingerprint density at radius 3 is 2.83 bits per heavy atom. The van der Waals surface area contributed by atoms with Crippen molar-refractivity contribution in [1.82, 2.24) is 20.3 Å². The number of nitrogens with one attached hydrogen (secondary N) is 2. The molecule has 1 aliphatic rings. The summed E-state index contributed by atoms with van der Waals surface area (Å²) in [6.07, 6.45) is 2.17. The van der Waals surface area contributed by atoms with E-state index in [4.69, 9.17) is 4.74 Å². The number of carbonyl (C=O) groups is 1. The Morgan fingerprint density at radius 2 is 2.13 bits per heavy atom. The van der Waals surface area contributed by atoms with Crippen molar-refractivity contribution >= 4 is 28.3 Å². The maximum absolute atomic E-state index is 12.1. The Morgan fingerprint density at radius 1 is 1.35 bits per heavy atom. The topological polar surface area (TPSA) is 89.0 Å². The van der Waals surface area contributed by atoms with Gasteiger partial charge in [-0.1, -0.05) is 0 Å². The largest absolute Gasteiger partial charge is 0.376 e. The van der Waals surface area contributed by atoms with Crippen molar-refractivity contribution in [3.8, 4) is 0 Å². The Kier molecular flexibility index (Phi) is 4.82. The fourth-order valence-corrected chi connectivity index (χ4v) is 3.10. The lowest BCUT2D eigenvalue weighted by Crippen LogP contribution is -2.31. The summed E-state index contributed by atoms with van der Waals surface area (Å²) in [6, 6.07) is 1.90. The van der Waals surface area contributed by atoms with E-state index in [1.165, 1.54) is 11.3 Å². The van der Waals surface area contributed by atoms with Gasteiger partial charge >= 0.3 is 0 Å². The summed E-state index contributed by atoms with van der Waals surface area (Å²) in [6.45, 7) is 5.12. The van der Waals surface area contributed by atoms with Crippen molar-refractivity contribution < 1.29 is 9.53 Å². The number of nitrogens with zero attached hydrogens (tertiary/aromatic N) is 3. The molecule has 2 aromatic rings. The fraction of sp³-hybridized carbons (Fsp3) is 0.467. The van der Waals surface area contributed by atoms with Crippen LogP contribution in [0.25, 0.3) is 0 Å². The quantitative estimate of drug-likeness (QED) is 0.872. The van der Waals surface area contributed by atoms with Crippen molar-refractivity contribution in [2.75, 3.05) is 18.5 Å². The molecular weight excluding hydrogens is 314 g/mol. The first-order valence-corrected chi connectivity index (χ1v) is 8.43. The monoisotopic (exact) mass is 333 g/mol. The molecule has 1 saturated heterocycles. The molecule has 3 heterocycles. The predicted octanol–water partition coefficient (Wildman–Crippen LogP) is 2.20. The summed E-state index contributed by atoms with van der Waals surface area (Å²) in [7, 11) is 0. The molecule has 7 nitrogen and oxygen atoms in total. The highest BCUT2D eigenvalue weighted by Crippen LogP contribution is 2.19. The average molecular weight is 333 g/mol. The molecule has 1 amide bonds. The van der Waals surface area contributed by atoms with Crippen LogP contribution in [0.4, 0.5) is 11.1 Å². The van der Waals surface area contributed by atoms with Crippen LogP contribution < -0.4 is 10.6 Å². The van der Waals surface area contributed by atoms with Crippen LogP contribution in [0.15, 0.2) is 11.4 Å². The lowest BCUT2D eigenvalue weighted by molar-refractivity contribution is 0.0854. The summed E-state index contributed by atoms with van der Waals surface area (Å²) < 4.78 is 5.48. The highest BCUT2D eigenvalue weighted by molar-refractivity contribution is 7.14. The zero-order valence-corrected chi connectivity index (χ0v) is 13.9. The third-order valence-corrected chi connectivity index (χ3v) is 4.21. The zero-order valence-electron chi connectivity index (χ0n) is 13.1. The van der Waals surface area contributed by atoms with Crippen LogP contribution in [0.3, 0.4) is 0 Å². The normalized spacial score (nSPS) is 17.2. The molecule has 2 aromatic heterocycles. The van der Waals surface area contributed by atoms with E-state index in [0.29, 0.717) is 23.3 Å². The SMILES string of the molecule is Cc1cc(C)nc(Nc2nc(C(=O)NC[C@H]3CCCO3)cs2)n1. The van der Waals surface area contributed by atoms with E-state index < -0.39 is 0 Å². The molecule has 0 bridgehead atoms. The van der Waals surface area contributed by atoms with Gasteiger partial charge in [0.15, 0.2) is 5.13 Å². The molecule has 0 aromatic carbocycles. The van der Waals surface area contributed by atoms with Gasteiger partial charge in [-0.15, -0.1) is 11.3 Å². The zero-order chi connectivity index (χ0) is 16.2. The highest BCUT2D eigenvalue weighted by Gasteiger charge is 2.18. The van der Waals surface area contributed by atoms with Crippen LogP contribution in [0.5, 0.6) is 0 Å². The molecule has 0 saturated carbocycles. The first kappa shape index (κ1) is 15.8. The average Bonchev–Trinajstić information content (AvgIpc) is 3.15. The number of hydrogen-bond donors (Lipinski definition) is 2. The first-order chi connectivity index (χ1) is 11.1. The second-order valence-electron chi connectivity index (χ2n) is 5.48. The van der Waals surface area contributed by atoms with Gasteiger partial charge < -0.3 is 15.4 Å². The molecular formula is C15H19N5O2S. The highest BCUT2D eigenvalue weighted by atomic mass is 32.1. The van der Waals surface area contributed by atoms with Gasteiger partial charge in [0.1, 0.15) is 5.69 Å². The number of amides is 1. The van der Waals surface area contributed by atoms with Crippen LogP contribution in [-0.2, 0) is 4.74 Å². The maximum atomic E-state index is 12.1. The molecule has 0 radical (unpaired) electrons. The Bertz CT molecular complexity index is 677. The van der Waals surface area contributed by atoms with Crippen LogP contribution in [-0.4, -0.2) is 40.1 Å². The number of hydrogen-bond acceptors (Lipinski definition) is 7. The van der Waals surface area contributed by atoms with Crippen molar-refractivity contribution in [2.45, 2.75) is 32.8 Å². The van der Waals surface area contributed by atoms with E-state index in [9.17, 15) is 4.79 Å². The van der Waals surface area contributed by atoms with Crippen LogP contribution in [0, 0.1) is 13.8 Å². The molecule has 0 aliphatic carbocycles. The van der Waals surface area contributed by atoms with E-state index in [1.807, 2.05) is 19.9 Å².